The molecule has 1 saturated heterocycles. The molecule has 1 fully saturated rings. The highest BCUT2D eigenvalue weighted by molar-refractivity contribution is 6.50. The lowest BCUT2D eigenvalue weighted by Crippen LogP contribution is -2.37. The van der Waals surface area contributed by atoms with E-state index >= 15 is 0 Å². The zero-order valence-electron chi connectivity index (χ0n) is 20.7. The number of nitrogens with one attached hydrogen (secondary N) is 1. The van der Waals surface area contributed by atoms with Gasteiger partial charge in [-0.05, 0) is 37.6 Å². The lowest BCUT2D eigenvalue weighted by molar-refractivity contribution is -0.122. The molecule has 8 nitrogen and oxygen atoms in total. The van der Waals surface area contributed by atoms with Crippen LogP contribution in [0.4, 0.5) is 0 Å². The van der Waals surface area contributed by atoms with Gasteiger partial charge in [0.25, 0.3) is 11.8 Å². The Kier molecular flexibility index (Phi) is 6.32. The van der Waals surface area contributed by atoms with E-state index in [1.807, 2.05) is 60.3 Å². The van der Waals surface area contributed by atoms with E-state index in [4.69, 9.17) is 21.4 Å². The first-order chi connectivity index (χ1) is 18.0. The Morgan fingerprint density at radius 3 is 2.57 bits per heavy atom. The molecule has 6 rings (SSSR count). The molecule has 9 heteroatoms. The maximum atomic E-state index is 13.2. The van der Waals surface area contributed by atoms with E-state index in [0.29, 0.717) is 34.0 Å². The second-order valence-corrected chi connectivity index (χ2v) is 9.86. The number of amides is 2. The third-order valence-electron chi connectivity index (χ3n) is 7.23. The summed E-state index contributed by atoms with van der Waals surface area (Å²) in [7, 11) is 0. The summed E-state index contributed by atoms with van der Waals surface area (Å²) in [5, 5.41) is 9.69. The molecule has 0 bridgehead atoms. The van der Waals surface area contributed by atoms with Crippen molar-refractivity contribution >= 4 is 56.4 Å². The van der Waals surface area contributed by atoms with Gasteiger partial charge in [0.1, 0.15) is 5.69 Å². The molecular weight excluding hydrogens is 490 g/mol. The zero-order chi connectivity index (χ0) is 25.5. The molecule has 0 atom stereocenters. The van der Waals surface area contributed by atoms with Crippen LogP contribution in [-0.2, 0) is 27.4 Å². The van der Waals surface area contributed by atoms with Crippen molar-refractivity contribution in [2.24, 2.45) is 0 Å². The largest absolute Gasteiger partial charge is 0.379 e. The lowest BCUT2D eigenvalue weighted by atomic mass is 9.97. The van der Waals surface area contributed by atoms with Gasteiger partial charge in [-0.1, -0.05) is 29.8 Å². The summed E-state index contributed by atoms with van der Waals surface area (Å²) in [6, 6.07) is 13.5. The molecule has 2 aromatic carbocycles. The quantitative estimate of drug-likeness (QED) is 0.375. The average Bonchev–Trinajstić information content (AvgIpc) is 3.54. The smallest absolute Gasteiger partial charge is 0.261 e. The summed E-state index contributed by atoms with van der Waals surface area (Å²) in [5.41, 5.74) is 3.76. The van der Waals surface area contributed by atoms with Crippen LogP contribution in [0.3, 0.4) is 0 Å². The van der Waals surface area contributed by atoms with Gasteiger partial charge in [-0.3, -0.25) is 24.5 Å². The van der Waals surface area contributed by atoms with Crippen molar-refractivity contribution in [1.29, 1.82) is 0 Å². The number of morpholine rings is 1. The van der Waals surface area contributed by atoms with E-state index in [2.05, 4.69) is 14.8 Å². The van der Waals surface area contributed by atoms with Gasteiger partial charge in [0.15, 0.2) is 0 Å². The van der Waals surface area contributed by atoms with Crippen LogP contribution in [-0.4, -0.2) is 63.9 Å². The fourth-order valence-electron chi connectivity index (χ4n) is 5.42. The molecule has 0 unspecified atom stereocenters. The number of hydrogen-bond acceptors (Lipinski definition) is 5. The number of benzene rings is 2. The second-order valence-electron chi connectivity index (χ2n) is 9.42. The third kappa shape index (κ3) is 4.25. The van der Waals surface area contributed by atoms with Crippen LogP contribution in [0.1, 0.15) is 24.6 Å². The van der Waals surface area contributed by atoms with Gasteiger partial charge in [0.05, 0.1) is 29.9 Å². The Morgan fingerprint density at radius 1 is 0.973 bits per heavy atom. The van der Waals surface area contributed by atoms with E-state index in [-0.39, 0.29) is 0 Å². The average molecular weight is 518 g/mol. The number of imide groups is 1. The van der Waals surface area contributed by atoms with Crippen molar-refractivity contribution in [2.75, 3.05) is 32.8 Å². The molecule has 2 aliphatic rings. The Hall–Kier alpha value is -3.46. The molecule has 0 spiro atoms. The number of hydrogen-bond donors (Lipinski definition) is 1. The van der Waals surface area contributed by atoms with Crippen molar-refractivity contribution in [3.63, 3.8) is 0 Å². The molecule has 4 heterocycles. The van der Waals surface area contributed by atoms with Crippen molar-refractivity contribution in [3.05, 3.63) is 64.9 Å². The van der Waals surface area contributed by atoms with Gasteiger partial charge < -0.3 is 9.30 Å². The van der Waals surface area contributed by atoms with Gasteiger partial charge in [-0.2, -0.15) is 5.10 Å². The van der Waals surface area contributed by atoms with E-state index in [1.165, 1.54) is 0 Å². The summed E-state index contributed by atoms with van der Waals surface area (Å²) in [6.45, 7) is 7.86. The molecule has 37 heavy (non-hydrogen) atoms. The van der Waals surface area contributed by atoms with E-state index in [9.17, 15) is 9.59 Å². The fourth-order valence-corrected chi connectivity index (χ4v) is 5.59. The van der Waals surface area contributed by atoms with Gasteiger partial charge >= 0.3 is 0 Å². The lowest BCUT2D eigenvalue weighted by Gasteiger charge is -2.26. The van der Waals surface area contributed by atoms with Crippen molar-refractivity contribution in [2.45, 2.75) is 26.4 Å². The number of aryl methyl sites for hydroxylation is 2. The van der Waals surface area contributed by atoms with Gasteiger partial charge in [-0.25, -0.2) is 0 Å². The summed E-state index contributed by atoms with van der Waals surface area (Å²) in [5.74, 6) is -0.843. The monoisotopic (exact) mass is 517 g/mol. The molecule has 0 aliphatic carbocycles. The van der Waals surface area contributed by atoms with Crippen LogP contribution in [0.15, 0.2) is 48.7 Å². The normalized spacial score (nSPS) is 16.9. The number of carbonyl (C=O) groups excluding carboxylic acids is 2. The first-order valence-corrected chi connectivity index (χ1v) is 13.1. The highest BCUT2D eigenvalue weighted by Crippen LogP contribution is 2.38. The number of aromatic nitrogens is 3. The Bertz CT molecular complexity index is 1560. The Balaban J connectivity index is 1.45. The molecule has 2 amide bonds. The summed E-state index contributed by atoms with van der Waals surface area (Å²) >= 11 is 6.34. The Morgan fingerprint density at radius 2 is 1.76 bits per heavy atom. The molecule has 0 radical (unpaired) electrons. The van der Waals surface area contributed by atoms with Crippen molar-refractivity contribution in [1.82, 2.24) is 24.6 Å². The minimum atomic E-state index is -0.428. The van der Waals surface area contributed by atoms with Gasteiger partial charge in [-0.15, -0.1) is 0 Å². The number of ether oxygens (including phenoxy) is 1. The number of halogens is 1. The van der Waals surface area contributed by atoms with Crippen molar-refractivity contribution < 1.29 is 14.3 Å². The molecular formula is C28H28ClN5O3. The topological polar surface area (TPSA) is 81.4 Å². The molecule has 2 aromatic heterocycles. The molecule has 1 N–H and O–H groups in total. The first kappa shape index (κ1) is 23.9. The zero-order valence-corrected chi connectivity index (χ0v) is 21.4. The first-order valence-electron chi connectivity index (χ1n) is 12.7. The SMILES string of the molecule is CCn1cc(C2=C(c3nn(CCCN4CCOCC4)c4ccccc34)C(=O)NC2=O)c2cc(Cl)ccc21. The maximum absolute atomic E-state index is 13.2. The minimum Gasteiger partial charge on any atom is -0.379 e. The maximum Gasteiger partial charge on any atom is 0.261 e. The fraction of sp³-hybridized carbons (Fsp3) is 0.321. The molecule has 4 aromatic rings. The number of para-hydroxylation sites is 1. The summed E-state index contributed by atoms with van der Waals surface area (Å²) in [6.07, 6.45) is 2.85. The van der Waals surface area contributed by atoms with E-state index in [1.54, 1.807) is 0 Å². The van der Waals surface area contributed by atoms with Gasteiger partial charge in [0, 0.05) is 65.8 Å². The molecule has 0 saturated carbocycles. The summed E-state index contributed by atoms with van der Waals surface area (Å²) < 4.78 is 9.47. The number of fused-ring (bicyclic) bond motifs is 2. The minimum absolute atomic E-state index is 0.309. The highest BCUT2D eigenvalue weighted by atomic mass is 35.5. The van der Waals surface area contributed by atoms with Crippen LogP contribution >= 0.6 is 11.6 Å². The van der Waals surface area contributed by atoms with Crippen LogP contribution in [0.25, 0.3) is 33.0 Å². The standard InChI is InChI=1S/C28H28ClN5O3/c1-2-33-17-21(20-16-18(29)8-9-22(20)33)24-25(28(36)30-27(24)35)26-19-6-3-4-7-23(19)34(31-26)11-5-10-32-12-14-37-15-13-32/h3-4,6-9,16-17H,2,5,10-15H2,1H3,(H,30,35,36). The molecule has 190 valence electrons. The van der Waals surface area contributed by atoms with Crippen LogP contribution in [0.2, 0.25) is 5.02 Å². The third-order valence-corrected chi connectivity index (χ3v) is 7.46. The molecule has 2 aliphatic heterocycles. The van der Waals surface area contributed by atoms with E-state index in [0.717, 1.165) is 67.6 Å². The van der Waals surface area contributed by atoms with E-state index < -0.39 is 11.8 Å². The predicted molar refractivity (Wildman–Crippen MR) is 144 cm³/mol. The number of carbonyl (C=O) groups is 2. The van der Waals surface area contributed by atoms with Gasteiger partial charge in [0.2, 0.25) is 0 Å². The Labute approximate surface area is 219 Å². The number of nitrogens with zero attached hydrogens (tertiary/aromatic N) is 4. The van der Waals surface area contributed by atoms with Crippen LogP contribution in [0, 0.1) is 0 Å². The van der Waals surface area contributed by atoms with Crippen LogP contribution in [0.5, 0.6) is 0 Å². The predicted octanol–water partition coefficient (Wildman–Crippen LogP) is 3.95. The number of rotatable bonds is 7. The second kappa shape index (κ2) is 9.78. The van der Waals surface area contributed by atoms with Crippen LogP contribution < -0.4 is 5.32 Å². The highest BCUT2D eigenvalue weighted by Gasteiger charge is 2.36. The summed E-state index contributed by atoms with van der Waals surface area (Å²) in [4.78, 5) is 28.8. The van der Waals surface area contributed by atoms with Crippen molar-refractivity contribution in [3.8, 4) is 0 Å².